The molecule has 0 aliphatic carbocycles. The van der Waals surface area contributed by atoms with Crippen LogP contribution < -0.4 is 4.90 Å². The number of nitrogens with one attached hydrogen (secondary N) is 1. The molecule has 7 nitrogen and oxygen atoms in total. The number of anilines is 1. The second kappa shape index (κ2) is 6.69. The Hall–Kier alpha value is -3.32. The molecule has 1 aliphatic rings. The number of H-pyrrole nitrogens is 1. The average Bonchev–Trinajstić information content (AvgIpc) is 3.36. The van der Waals surface area contributed by atoms with Crippen molar-refractivity contribution in [3.8, 4) is 22.6 Å². The van der Waals surface area contributed by atoms with Gasteiger partial charge >= 0.3 is 0 Å². The molecule has 4 aromatic rings. The summed E-state index contributed by atoms with van der Waals surface area (Å²) >= 11 is 0. The second-order valence-corrected chi connectivity index (χ2v) is 7.13. The smallest absolute Gasteiger partial charge is 0.120 e. The summed E-state index contributed by atoms with van der Waals surface area (Å²) in [5.41, 5.74) is 6.91. The molecule has 28 heavy (non-hydrogen) atoms. The number of β-amino-alcohol motifs (C(OH)–C–C–N with tert-alkyl or cyclic N) is 1. The Labute approximate surface area is 162 Å². The highest BCUT2D eigenvalue weighted by molar-refractivity contribution is 5.84. The van der Waals surface area contributed by atoms with Crippen LogP contribution >= 0.6 is 0 Å². The Morgan fingerprint density at radius 2 is 2.04 bits per heavy atom. The van der Waals surface area contributed by atoms with Gasteiger partial charge in [-0.3, -0.25) is 15.1 Å². The number of rotatable bonds is 3. The predicted octanol–water partition coefficient (Wildman–Crippen LogP) is 2.96. The third-order valence-corrected chi connectivity index (χ3v) is 5.10. The Morgan fingerprint density at radius 3 is 2.86 bits per heavy atom. The van der Waals surface area contributed by atoms with Gasteiger partial charge in [0.15, 0.2) is 0 Å². The predicted molar refractivity (Wildman–Crippen MR) is 108 cm³/mol. The molecule has 0 bridgehead atoms. The van der Waals surface area contributed by atoms with Gasteiger partial charge in [-0.1, -0.05) is 6.07 Å². The largest absolute Gasteiger partial charge is 0.391 e. The first kappa shape index (κ1) is 16.8. The molecule has 0 unspecified atom stereocenters. The maximum Gasteiger partial charge on any atom is 0.120 e. The summed E-state index contributed by atoms with van der Waals surface area (Å²) in [5.74, 6) is 0. The molecule has 1 aliphatic heterocycles. The molecule has 140 valence electrons. The van der Waals surface area contributed by atoms with Crippen molar-refractivity contribution < 1.29 is 5.11 Å². The van der Waals surface area contributed by atoms with E-state index in [0.29, 0.717) is 6.54 Å². The number of aryl methyl sites for hydroxylation is 1. The zero-order valence-electron chi connectivity index (χ0n) is 15.5. The Bertz CT molecular complexity index is 1150. The maximum atomic E-state index is 9.81. The molecule has 1 atom stereocenters. The maximum absolute atomic E-state index is 9.81. The highest BCUT2D eigenvalue weighted by atomic mass is 16.3. The van der Waals surface area contributed by atoms with Crippen molar-refractivity contribution in [2.45, 2.75) is 19.4 Å². The van der Waals surface area contributed by atoms with Crippen LogP contribution in [0.1, 0.15) is 12.1 Å². The van der Waals surface area contributed by atoms with E-state index in [1.54, 1.807) is 0 Å². The van der Waals surface area contributed by atoms with Gasteiger partial charge in [0.2, 0.25) is 0 Å². The first-order valence-corrected chi connectivity index (χ1v) is 9.35. The van der Waals surface area contributed by atoms with Gasteiger partial charge in [-0.05, 0) is 43.7 Å². The number of fused-ring (bicyclic) bond motifs is 1. The molecule has 0 aromatic carbocycles. The Morgan fingerprint density at radius 1 is 1.11 bits per heavy atom. The van der Waals surface area contributed by atoms with E-state index in [4.69, 9.17) is 4.98 Å². The van der Waals surface area contributed by atoms with Crippen LogP contribution in [0.2, 0.25) is 0 Å². The lowest BCUT2D eigenvalue weighted by Gasteiger charge is -2.17. The zero-order valence-corrected chi connectivity index (χ0v) is 15.5. The number of aromatic nitrogens is 5. The molecule has 2 N–H and O–H groups in total. The molecule has 4 aromatic heterocycles. The Kier molecular flexibility index (Phi) is 4.02. The molecular weight excluding hydrogens is 352 g/mol. The van der Waals surface area contributed by atoms with Crippen LogP contribution in [0.25, 0.3) is 33.7 Å². The van der Waals surface area contributed by atoms with Crippen LogP contribution in [0.15, 0.2) is 48.8 Å². The minimum absolute atomic E-state index is 0.273. The van der Waals surface area contributed by atoms with Crippen LogP contribution in [0.3, 0.4) is 0 Å². The average molecular weight is 372 g/mol. The molecule has 7 heteroatoms. The van der Waals surface area contributed by atoms with E-state index in [-0.39, 0.29) is 6.10 Å². The fraction of sp³-hybridized carbons (Fsp3) is 0.238. The summed E-state index contributed by atoms with van der Waals surface area (Å²) in [7, 11) is 0. The highest BCUT2D eigenvalue weighted by Gasteiger charge is 2.21. The van der Waals surface area contributed by atoms with E-state index in [0.717, 1.165) is 58.0 Å². The lowest BCUT2D eigenvalue weighted by Crippen LogP contribution is -2.21. The summed E-state index contributed by atoms with van der Waals surface area (Å²) in [6.45, 7) is 3.43. The highest BCUT2D eigenvalue weighted by Crippen LogP contribution is 2.30. The van der Waals surface area contributed by atoms with E-state index in [9.17, 15) is 5.11 Å². The molecule has 5 heterocycles. The fourth-order valence-corrected chi connectivity index (χ4v) is 3.65. The zero-order chi connectivity index (χ0) is 19.1. The minimum atomic E-state index is -0.273. The van der Waals surface area contributed by atoms with E-state index in [1.807, 2.05) is 55.7 Å². The topological polar surface area (TPSA) is 90.8 Å². The van der Waals surface area contributed by atoms with Gasteiger partial charge in [0.25, 0.3) is 0 Å². The molecule has 1 saturated heterocycles. The normalized spacial score (nSPS) is 16.8. The molecule has 0 amide bonds. The van der Waals surface area contributed by atoms with Gasteiger partial charge in [0.1, 0.15) is 5.69 Å². The monoisotopic (exact) mass is 372 g/mol. The van der Waals surface area contributed by atoms with Crippen LogP contribution in [0, 0.1) is 6.92 Å². The molecular formula is C21H20N6O. The third-order valence-electron chi connectivity index (χ3n) is 5.10. The van der Waals surface area contributed by atoms with Crippen molar-refractivity contribution in [2.24, 2.45) is 0 Å². The number of aromatic amines is 1. The van der Waals surface area contributed by atoms with Gasteiger partial charge in [-0.25, -0.2) is 4.98 Å². The number of nitrogens with zero attached hydrogens (tertiary/aromatic N) is 5. The van der Waals surface area contributed by atoms with Crippen molar-refractivity contribution in [2.75, 3.05) is 18.0 Å². The van der Waals surface area contributed by atoms with E-state index < -0.39 is 0 Å². The second-order valence-electron chi connectivity index (χ2n) is 7.13. The number of aliphatic hydroxyl groups excluding tert-OH is 1. The van der Waals surface area contributed by atoms with E-state index >= 15 is 0 Å². The number of hydrogen-bond donors (Lipinski definition) is 2. The minimum Gasteiger partial charge on any atom is -0.391 e. The van der Waals surface area contributed by atoms with Crippen molar-refractivity contribution in [3.63, 3.8) is 0 Å². The summed E-state index contributed by atoms with van der Waals surface area (Å²) in [4.78, 5) is 16.1. The van der Waals surface area contributed by atoms with E-state index in [2.05, 4.69) is 25.1 Å². The standard InChI is InChI=1S/C21H20N6O/c1-13-3-2-4-19(24-13)21-16(11-23-26-21)17-5-6-18-20(25-17)9-14(10-22-18)27-8-7-15(28)12-27/h2-6,9-11,15,28H,7-8,12H2,1H3,(H,23,26)/t15-/m1/s1. The lowest BCUT2D eigenvalue weighted by molar-refractivity contribution is 0.198. The van der Waals surface area contributed by atoms with Crippen LogP contribution in [0.5, 0.6) is 0 Å². The number of aliphatic hydroxyl groups is 1. The van der Waals surface area contributed by atoms with Gasteiger partial charge in [0.05, 0.1) is 40.4 Å². The molecule has 1 fully saturated rings. The summed E-state index contributed by atoms with van der Waals surface area (Å²) < 4.78 is 0. The molecule has 0 saturated carbocycles. The number of pyridine rings is 3. The summed E-state index contributed by atoms with van der Waals surface area (Å²) in [5, 5.41) is 17.1. The third kappa shape index (κ3) is 2.99. The van der Waals surface area contributed by atoms with Crippen LogP contribution in [-0.2, 0) is 0 Å². The quantitative estimate of drug-likeness (QED) is 0.575. The van der Waals surface area contributed by atoms with Crippen LogP contribution in [-0.4, -0.2) is 49.4 Å². The first-order chi connectivity index (χ1) is 13.7. The van der Waals surface area contributed by atoms with Crippen molar-refractivity contribution in [1.29, 1.82) is 0 Å². The first-order valence-electron chi connectivity index (χ1n) is 9.35. The van der Waals surface area contributed by atoms with Gasteiger partial charge in [-0.15, -0.1) is 0 Å². The molecule has 5 rings (SSSR count). The number of hydrogen-bond acceptors (Lipinski definition) is 6. The van der Waals surface area contributed by atoms with Crippen LogP contribution in [0.4, 0.5) is 5.69 Å². The van der Waals surface area contributed by atoms with Gasteiger partial charge in [0, 0.05) is 30.5 Å². The van der Waals surface area contributed by atoms with Gasteiger partial charge in [-0.2, -0.15) is 5.10 Å². The molecule has 0 spiro atoms. The lowest BCUT2D eigenvalue weighted by atomic mass is 10.1. The van der Waals surface area contributed by atoms with E-state index in [1.165, 1.54) is 0 Å². The van der Waals surface area contributed by atoms with Gasteiger partial charge < -0.3 is 10.0 Å². The molecule has 0 radical (unpaired) electrons. The van der Waals surface area contributed by atoms with Crippen molar-refractivity contribution in [3.05, 3.63) is 54.5 Å². The SMILES string of the molecule is Cc1cccc(-c2n[nH]cc2-c2ccc3ncc(N4CC[C@@H](O)C4)cc3n2)n1. The summed E-state index contributed by atoms with van der Waals surface area (Å²) in [6.07, 6.45) is 4.21. The Balaban J connectivity index is 1.56. The van der Waals surface area contributed by atoms with Crippen molar-refractivity contribution in [1.82, 2.24) is 25.1 Å². The van der Waals surface area contributed by atoms with Crippen molar-refractivity contribution >= 4 is 16.7 Å². The summed E-state index contributed by atoms with van der Waals surface area (Å²) in [6, 6.07) is 11.9. The fourth-order valence-electron chi connectivity index (χ4n) is 3.65.